The molecule has 0 saturated carbocycles. The molecule has 2 aliphatic heterocycles. The molecule has 0 N–H and O–H groups in total. The van der Waals surface area contributed by atoms with Crippen LogP contribution in [0.1, 0.15) is 25.7 Å². The van der Waals surface area contributed by atoms with Gasteiger partial charge in [0.05, 0.1) is 13.0 Å². The van der Waals surface area contributed by atoms with E-state index in [0.717, 1.165) is 52.0 Å². The van der Waals surface area contributed by atoms with Crippen molar-refractivity contribution < 1.29 is 14.3 Å². The van der Waals surface area contributed by atoms with E-state index in [4.69, 9.17) is 9.47 Å². The maximum Gasteiger partial charge on any atom is 0.308 e. The van der Waals surface area contributed by atoms with Crippen LogP contribution in [0.2, 0.25) is 0 Å². The molecule has 0 aliphatic carbocycles. The second kappa shape index (κ2) is 5.64. The smallest absolute Gasteiger partial charge is 0.308 e. The maximum atomic E-state index is 11.4. The lowest BCUT2D eigenvalue weighted by Crippen LogP contribution is -2.45. The molecule has 4 nitrogen and oxygen atoms in total. The fraction of sp³-hybridized carbons (Fsp3) is 0.917. The Morgan fingerprint density at radius 3 is 2.38 bits per heavy atom. The number of carbonyl (C=O) groups is 1. The SMILES string of the molecule is COC(=O)C1CCN(C2CCOCC2)CC1. The minimum Gasteiger partial charge on any atom is -0.469 e. The van der Waals surface area contributed by atoms with Gasteiger partial charge in [-0.05, 0) is 38.8 Å². The molecule has 2 saturated heterocycles. The molecule has 0 radical (unpaired) electrons. The number of piperidine rings is 1. The summed E-state index contributed by atoms with van der Waals surface area (Å²) < 4.78 is 10.2. The number of hydrogen-bond acceptors (Lipinski definition) is 4. The van der Waals surface area contributed by atoms with Crippen LogP contribution in [-0.2, 0) is 14.3 Å². The van der Waals surface area contributed by atoms with Crippen molar-refractivity contribution >= 4 is 5.97 Å². The van der Waals surface area contributed by atoms with Gasteiger partial charge in [-0.25, -0.2) is 0 Å². The monoisotopic (exact) mass is 227 g/mol. The maximum absolute atomic E-state index is 11.4. The lowest BCUT2D eigenvalue weighted by Gasteiger charge is -2.38. The molecule has 0 aromatic rings. The lowest BCUT2D eigenvalue weighted by molar-refractivity contribution is -0.147. The molecule has 16 heavy (non-hydrogen) atoms. The Bertz CT molecular complexity index is 230. The molecule has 2 rings (SSSR count). The van der Waals surface area contributed by atoms with E-state index in [1.165, 1.54) is 7.11 Å². The van der Waals surface area contributed by atoms with E-state index in [-0.39, 0.29) is 11.9 Å². The second-order valence-electron chi connectivity index (χ2n) is 4.68. The normalized spacial score (nSPS) is 25.6. The van der Waals surface area contributed by atoms with Gasteiger partial charge in [-0.15, -0.1) is 0 Å². The summed E-state index contributed by atoms with van der Waals surface area (Å²) in [5.41, 5.74) is 0. The van der Waals surface area contributed by atoms with Gasteiger partial charge in [-0.1, -0.05) is 0 Å². The third-order valence-corrected chi connectivity index (χ3v) is 3.77. The van der Waals surface area contributed by atoms with Crippen LogP contribution in [0, 0.1) is 5.92 Å². The molecule has 0 amide bonds. The molecule has 0 aromatic carbocycles. The van der Waals surface area contributed by atoms with Gasteiger partial charge in [0.1, 0.15) is 0 Å². The molecule has 0 unspecified atom stereocenters. The Balaban J connectivity index is 1.78. The van der Waals surface area contributed by atoms with Crippen LogP contribution < -0.4 is 0 Å². The fourth-order valence-corrected chi connectivity index (χ4v) is 2.72. The first-order valence-corrected chi connectivity index (χ1v) is 6.21. The highest BCUT2D eigenvalue weighted by Gasteiger charge is 2.29. The van der Waals surface area contributed by atoms with Crippen LogP contribution in [0.3, 0.4) is 0 Å². The highest BCUT2D eigenvalue weighted by molar-refractivity contribution is 5.72. The van der Waals surface area contributed by atoms with E-state index in [1.54, 1.807) is 0 Å². The van der Waals surface area contributed by atoms with Crippen molar-refractivity contribution in [2.24, 2.45) is 5.92 Å². The highest BCUT2D eigenvalue weighted by Crippen LogP contribution is 2.23. The Morgan fingerprint density at radius 1 is 1.19 bits per heavy atom. The Hall–Kier alpha value is -0.610. The topological polar surface area (TPSA) is 38.8 Å². The molecule has 4 heteroatoms. The van der Waals surface area contributed by atoms with E-state index in [9.17, 15) is 4.79 Å². The van der Waals surface area contributed by atoms with Gasteiger partial charge in [0.2, 0.25) is 0 Å². The van der Waals surface area contributed by atoms with Gasteiger partial charge in [0, 0.05) is 19.3 Å². The Morgan fingerprint density at radius 2 is 1.81 bits per heavy atom. The van der Waals surface area contributed by atoms with Crippen molar-refractivity contribution in [3.63, 3.8) is 0 Å². The molecule has 0 bridgehead atoms. The number of carbonyl (C=O) groups excluding carboxylic acids is 1. The summed E-state index contributed by atoms with van der Waals surface area (Å²) in [5.74, 6) is 0.0905. The average Bonchev–Trinajstić information content (AvgIpc) is 2.39. The first kappa shape index (κ1) is 11.9. The lowest BCUT2D eigenvalue weighted by atomic mass is 9.94. The van der Waals surface area contributed by atoms with E-state index in [1.807, 2.05) is 0 Å². The van der Waals surface area contributed by atoms with Crippen molar-refractivity contribution in [3.8, 4) is 0 Å². The summed E-state index contributed by atoms with van der Waals surface area (Å²) >= 11 is 0. The third kappa shape index (κ3) is 2.74. The standard InChI is InChI=1S/C12H21NO3/c1-15-12(14)10-2-6-13(7-3-10)11-4-8-16-9-5-11/h10-11H,2-9H2,1H3. The van der Waals surface area contributed by atoms with Gasteiger partial charge < -0.3 is 14.4 Å². The number of ether oxygens (including phenoxy) is 2. The Kier molecular flexibility index (Phi) is 4.18. The zero-order valence-corrected chi connectivity index (χ0v) is 9.98. The largest absolute Gasteiger partial charge is 0.469 e. The number of nitrogens with zero attached hydrogens (tertiary/aromatic N) is 1. The van der Waals surface area contributed by atoms with Gasteiger partial charge in [-0.3, -0.25) is 4.79 Å². The van der Waals surface area contributed by atoms with Crippen molar-refractivity contribution in [2.45, 2.75) is 31.7 Å². The zero-order valence-electron chi connectivity index (χ0n) is 9.98. The summed E-state index contributed by atoms with van der Waals surface area (Å²) in [5, 5.41) is 0. The van der Waals surface area contributed by atoms with Crippen LogP contribution in [0.4, 0.5) is 0 Å². The molecule has 2 aliphatic rings. The second-order valence-corrected chi connectivity index (χ2v) is 4.68. The first-order valence-electron chi connectivity index (χ1n) is 6.21. The number of rotatable bonds is 2. The van der Waals surface area contributed by atoms with Crippen LogP contribution >= 0.6 is 0 Å². The first-order chi connectivity index (χ1) is 7.81. The third-order valence-electron chi connectivity index (χ3n) is 3.77. The summed E-state index contributed by atoms with van der Waals surface area (Å²) in [6, 6.07) is 0.673. The van der Waals surface area contributed by atoms with E-state index in [2.05, 4.69) is 4.90 Å². The zero-order chi connectivity index (χ0) is 11.4. The highest BCUT2D eigenvalue weighted by atomic mass is 16.5. The van der Waals surface area contributed by atoms with Crippen molar-refractivity contribution in [2.75, 3.05) is 33.4 Å². The van der Waals surface area contributed by atoms with Crippen LogP contribution in [-0.4, -0.2) is 50.3 Å². The van der Waals surface area contributed by atoms with E-state index < -0.39 is 0 Å². The predicted octanol–water partition coefficient (Wildman–Crippen LogP) is 1.05. The van der Waals surface area contributed by atoms with Crippen molar-refractivity contribution in [1.82, 2.24) is 4.90 Å². The number of methoxy groups -OCH3 is 1. The quantitative estimate of drug-likeness (QED) is 0.661. The number of esters is 1. The Labute approximate surface area is 96.9 Å². The van der Waals surface area contributed by atoms with Crippen LogP contribution in [0.25, 0.3) is 0 Å². The number of likely N-dealkylation sites (tertiary alicyclic amines) is 1. The molecular weight excluding hydrogens is 206 g/mol. The summed E-state index contributed by atoms with van der Waals surface area (Å²) in [4.78, 5) is 13.9. The van der Waals surface area contributed by atoms with Crippen LogP contribution in [0.5, 0.6) is 0 Å². The molecule has 2 heterocycles. The molecular formula is C12H21NO3. The molecule has 0 aromatic heterocycles. The molecule has 92 valence electrons. The summed E-state index contributed by atoms with van der Waals surface area (Å²) in [6.45, 7) is 3.85. The average molecular weight is 227 g/mol. The minimum absolute atomic E-state index is 0.0355. The van der Waals surface area contributed by atoms with E-state index in [0.29, 0.717) is 6.04 Å². The van der Waals surface area contributed by atoms with E-state index >= 15 is 0 Å². The van der Waals surface area contributed by atoms with Crippen molar-refractivity contribution in [1.29, 1.82) is 0 Å². The summed E-state index contributed by atoms with van der Waals surface area (Å²) in [7, 11) is 1.48. The summed E-state index contributed by atoms with van der Waals surface area (Å²) in [6.07, 6.45) is 4.18. The van der Waals surface area contributed by atoms with Crippen molar-refractivity contribution in [3.05, 3.63) is 0 Å². The van der Waals surface area contributed by atoms with Gasteiger partial charge in [0.25, 0.3) is 0 Å². The van der Waals surface area contributed by atoms with Gasteiger partial charge in [0.15, 0.2) is 0 Å². The predicted molar refractivity (Wildman–Crippen MR) is 60.2 cm³/mol. The number of hydrogen-bond donors (Lipinski definition) is 0. The fourth-order valence-electron chi connectivity index (χ4n) is 2.72. The molecule has 0 spiro atoms. The van der Waals surface area contributed by atoms with Crippen LogP contribution in [0.15, 0.2) is 0 Å². The molecule has 0 atom stereocenters. The minimum atomic E-state index is -0.0355. The molecule has 2 fully saturated rings. The van der Waals surface area contributed by atoms with Gasteiger partial charge >= 0.3 is 5.97 Å². The van der Waals surface area contributed by atoms with Gasteiger partial charge in [-0.2, -0.15) is 0 Å².